The molecule has 1 amide bonds. The van der Waals surface area contributed by atoms with Gasteiger partial charge in [-0.25, -0.2) is 18.0 Å². The van der Waals surface area contributed by atoms with Gasteiger partial charge in [0.25, 0.3) is 6.01 Å². The molecule has 0 bridgehead atoms. The zero-order valence-electron chi connectivity index (χ0n) is 22.8. The lowest BCUT2D eigenvalue weighted by Gasteiger charge is -2.27. The lowest BCUT2D eigenvalue weighted by atomic mass is 10.1. The number of anilines is 1. The molecule has 0 N–H and O–H groups in total. The van der Waals surface area contributed by atoms with Crippen LogP contribution < -0.4 is 9.64 Å². The van der Waals surface area contributed by atoms with Crippen molar-refractivity contribution in [1.29, 1.82) is 0 Å². The number of sulfone groups is 1. The average Bonchev–Trinajstić information content (AvgIpc) is 3.15. The number of alkyl halides is 6. The van der Waals surface area contributed by atoms with Crippen molar-refractivity contribution >= 4 is 27.7 Å². The zero-order chi connectivity index (χ0) is 31.6. The van der Waals surface area contributed by atoms with Gasteiger partial charge < -0.3 is 14.2 Å². The van der Waals surface area contributed by atoms with Crippen LogP contribution in [0.25, 0.3) is 0 Å². The number of halogens is 6. The van der Waals surface area contributed by atoms with Crippen molar-refractivity contribution < 1.29 is 58.6 Å². The molecule has 2 aromatic rings. The molecule has 0 aliphatic heterocycles. The number of esters is 1. The number of rotatable bonds is 9. The van der Waals surface area contributed by atoms with Gasteiger partial charge in [-0.3, -0.25) is 14.5 Å². The molecular weight excluding hydrogens is 590 g/mol. The Labute approximate surface area is 231 Å². The molecule has 0 saturated carbocycles. The Morgan fingerprint density at radius 1 is 1.07 bits per heavy atom. The number of amides is 1. The van der Waals surface area contributed by atoms with E-state index >= 15 is 0 Å². The first kappa shape index (κ1) is 33.6. The standard InChI is InChI=1S/C23H28F6N4O7S/c1-7-38-18(34)14-9-13(23(27,28)29)10-30-15(14)11-33(20(35)40-21(3,4)5)16-17(41(36,37)8-2)32(6)19(31-16)39-12-22(24,25)26/h9-10H,7-8,11-12H2,1-6H3. The number of ether oxygens (including phenoxy) is 3. The molecule has 0 fully saturated rings. The Morgan fingerprint density at radius 2 is 1.68 bits per heavy atom. The molecular formula is C23H28F6N4O7S. The predicted octanol–water partition coefficient (Wildman–Crippen LogP) is 4.69. The molecule has 2 heterocycles. The topological polar surface area (TPSA) is 130 Å². The lowest BCUT2D eigenvalue weighted by molar-refractivity contribution is -0.155. The molecule has 18 heteroatoms. The highest BCUT2D eigenvalue weighted by atomic mass is 32.2. The SMILES string of the molecule is CCOC(=O)c1cc(C(F)(F)F)cnc1CN(C(=O)OC(C)(C)C)c1nc(OCC(F)(F)F)n(C)c1S(=O)(=O)CC. The van der Waals surface area contributed by atoms with Crippen LogP contribution >= 0.6 is 0 Å². The van der Waals surface area contributed by atoms with E-state index in [9.17, 15) is 44.3 Å². The fraction of sp³-hybridized carbons (Fsp3) is 0.565. The van der Waals surface area contributed by atoms with Crippen LogP contribution in [0.1, 0.15) is 56.2 Å². The minimum Gasteiger partial charge on any atom is -0.462 e. The normalized spacial score (nSPS) is 12.7. The molecule has 41 heavy (non-hydrogen) atoms. The molecule has 11 nitrogen and oxygen atoms in total. The van der Waals surface area contributed by atoms with Crippen LogP contribution in [0.5, 0.6) is 6.01 Å². The number of hydrogen-bond acceptors (Lipinski definition) is 9. The maximum atomic E-state index is 13.4. The summed E-state index contributed by atoms with van der Waals surface area (Å²) in [4.78, 5) is 33.9. The number of carbonyl (C=O) groups excluding carboxylic acids is 2. The van der Waals surface area contributed by atoms with Crippen LogP contribution in [0, 0.1) is 0 Å². The Bertz CT molecular complexity index is 1380. The van der Waals surface area contributed by atoms with Crippen LogP contribution in [0.15, 0.2) is 17.3 Å². The second-order valence-corrected chi connectivity index (χ2v) is 11.6. The van der Waals surface area contributed by atoms with Gasteiger partial charge in [-0.2, -0.15) is 31.3 Å². The van der Waals surface area contributed by atoms with Crippen molar-refractivity contribution in [3.63, 3.8) is 0 Å². The van der Waals surface area contributed by atoms with Crippen molar-refractivity contribution in [3.8, 4) is 6.01 Å². The van der Waals surface area contributed by atoms with Crippen molar-refractivity contribution in [2.45, 2.75) is 64.1 Å². The van der Waals surface area contributed by atoms with Gasteiger partial charge >= 0.3 is 24.4 Å². The van der Waals surface area contributed by atoms with Crippen molar-refractivity contribution in [1.82, 2.24) is 14.5 Å². The smallest absolute Gasteiger partial charge is 0.422 e. The maximum absolute atomic E-state index is 13.4. The highest BCUT2D eigenvalue weighted by Gasteiger charge is 2.38. The fourth-order valence-electron chi connectivity index (χ4n) is 3.24. The summed E-state index contributed by atoms with van der Waals surface area (Å²) >= 11 is 0. The largest absolute Gasteiger partial charge is 0.462 e. The monoisotopic (exact) mass is 618 g/mol. The third-order valence-electron chi connectivity index (χ3n) is 4.99. The molecule has 2 rings (SSSR count). The van der Waals surface area contributed by atoms with E-state index in [0.717, 1.165) is 7.05 Å². The highest BCUT2D eigenvalue weighted by Crippen LogP contribution is 2.34. The van der Waals surface area contributed by atoms with E-state index in [0.29, 0.717) is 21.7 Å². The average molecular weight is 619 g/mol. The predicted molar refractivity (Wildman–Crippen MR) is 130 cm³/mol. The Kier molecular flexibility index (Phi) is 9.94. The van der Waals surface area contributed by atoms with Gasteiger partial charge in [0.1, 0.15) is 5.60 Å². The molecule has 230 valence electrons. The van der Waals surface area contributed by atoms with Gasteiger partial charge in [-0.1, -0.05) is 6.92 Å². The first-order valence-corrected chi connectivity index (χ1v) is 13.5. The van der Waals surface area contributed by atoms with Gasteiger partial charge in [0.2, 0.25) is 0 Å². The maximum Gasteiger partial charge on any atom is 0.422 e. The van der Waals surface area contributed by atoms with Crippen molar-refractivity contribution in [3.05, 3.63) is 29.1 Å². The summed E-state index contributed by atoms with van der Waals surface area (Å²) < 4.78 is 120. The van der Waals surface area contributed by atoms with Gasteiger partial charge in [-0.15, -0.1) is 0 Å². The molecule has 0 radical (unpaired) electrons. The van der Waals surface area contributed by atoms with Crippen molar-refractivity contribution in [2.75, 3.05) is 23.9 Å². The van der Waals surface area contributed by atoms with Crippen LogP contribution in [0.3, 0.4) is 0 Å². The Balaban J connectivity index is 2.83. The van der Waals surface area contributed by atoms with Crippen LogP contribution in [-0.4, -0.2) is 65.8 Å². The van der Waals surface area contributed by atoms with Gasteiger partial charge in [0.15, 0.2) is 27.3 Å². The van der Waals surface area contributed by atoms with Crippen molar-refractivity contribution in [2.24, 2.45) is 7.05 Å². The molecule has 0 saturated heterocycles. The number of hydrogen-bond donors (Lipinski definition) is 0. The summed E-state index contributed by atoms with van der Waals surface area (Å²) in [6, 6.07) is -0.406. The van der Waals surface area contributed by atoms with Crippen LogP contribution in [-0.2, 0) is 39.1 Å². The van der Waals surface area contributed by atoms with Crippen LogP contribution in [0.2, 0.25) is 0 Å². The van der Waals surface area contributed by atoms with E-state index in [1.165, 1.54) is 34.6 Å². The second kappa shape index (κ2) is 12.1. The van der Waals surface area contributed by atoms with E-state index in [1.54, 1.807) is 0 Å². The van der Waals surface area contributed by atoms with E-state index < -0.39 is 92.4 Å². The van der Waals surface area contributed by atoms with Gasteiger partial charge in [-0.05, 0) is 33.8 Å². The molecule has 0 aromatic carbocycles. The number of carbonyl (C=O) groups is 2. The summed E-state index contributed by atoms with van der Waals surface area (Å²) in [5, 5.41) is -0.757. The Morgan fingerprint density at radius 3 is 2.17 bits per heavy atom. The first-order valence-electron chi connectivity index (χ1n) is 11.8. The van der Waals surface area contributed by atoms with E-state index in [4.69, 9.17) is 9.47 Å². The minimum absolute atomic E-state index is 0.233. The summed E-state index contributed by atoms with van der Waals surface area (Å²) in [6.07, 6.45) is -10.7. The number of nitrogens with zero attached hydrogens (tertiary/aromatic N) is 4. The molecule has 0 unspecified atom stereocenters. The lowest BCUT2D eigenvalue weighted by Crippen LogP contribution is -2.38. The molecule has 0 atom stereocenters. The minimum atomic E-state index is -4.91. The quantitative estimate of drug-likeness (QED) is 0.290. The highest BCUT2D eigenvalue weighted by molar-refractivity contribution is 7.91. The third-order valence-corrected chi connectivity index (χ3v) is 6.80. The van der Waals surface area contributed by atoms with Gasteiger partial charge in [0.05, 0.1) is 35.7 Å². The van der Waals surface area contributed by atoms with Crippen LogP contribution in [0.4, 0.5) is 37.0 Å². The first-order chi connectivity index (χ1) is 18.6. The fourth-order valence-corrected chi connectivity index (χ4v) is 4.44. The zero-order valence-corrected chi connectivity index (χ0v) is 23.6. The molecule has 2 aromatic heterocycles. The van der Waals surface area contributed by atoms with E-state index in [2.05, 4.69) is 14.7 Å². The summed E-state index contributed by atoms with van der Waals surface area (Å²) in [5.41, 5.74) is -3.71. The summed E-state index contributed by atoms with van der Waals surface area (Å²) in [6.45, 7) is 3.96. The van der Waals surface area contributed by atoms with Gasteiger partial charge in [0, 0.05) is 13.2 Å². The summed E-state index contributed by atoms with van der Waals surface area (Å²) in [5.74, 6) is -2.59. The Hall–Kier alpha value is -3.57. The third kappa shape index (κ3) is 8.71. The summed E-state index contributed by atoms with van der Waals surface area (Å²) in [7, 11) is -3.31. The molecule has 0 aliphatic rings. The number of aromatic nitrogens is 3. The number of pyridine rings is 1. The molecule has 0 spiro atoms. The van der Waals surface area contributed by atoms with E-state index in [1.807, 2.05) is 0 Å². The van der Waals surface area contributed by atoms with E-state index in [-0.39, 0.29) is 6.61 Å². The molecule has 0 aliphatic carbocycles. The number of imidazole rings is 1. The second-order valence-electron chi connectivity index (χ2n) is 9.39.